The highest BCUT2D eigenvalue weighted by atomic mass is 35.5. The first-order chi connectivity index (χ1) is 12.4. The fraction of sp³-hybridized carbons (Fsp3) is 0.143. The Morgan fingerprint density at radius 2 is 1.92 bits per heavy atom. The van der Waals surface area contributed by atoms with Crippen molar-refractivity contribution in [3.05, 3.63) is 82.9 Å². The number of carbonyl (C=O) groups excluding carboxylic acids is 2. The molecule has 0 unspecified atom stereocenters. The van der Waals surface area contributed by atoms with E-state index in [1.54, 1.807) is 31.3 Å². The van der Waals surface area contributed by atoms with Crippen molar-refractivity contribution in [2.75, 3.05) is 11.9 Å². The average Bonchev–Trinajstić information content (AvgIpc) is 2.81. The van der Waals surface area contributed by atoms with E-state index in [4.69, 9.17) is 11.6 Å². The van der Waals surface area contributed by atoms with Gasteiger partial charge in [-0.25, -0.2) is 0 Å². The monoisotopic (exact) mass is 367 g/mol. The van der Waals surface area contributed by atoms with Gasteiger partial charge in [-0.3, -0.25) is 9.59 Å². The highest BCUT2D eigenvalue weighted by Gasteiger charge is 2.49. The van der Waals surface area contributed by atoms with E-state index in [0.29, 0.717) is 16.3 Å². The van der Waals surface area contributed by atoms with Gasteiger partial charge in [0.25, 0.3) is 5.91 Å². The predicted molar refractivity (Wildman–Crippen MR) is 103 cm³/mol. The van der Waals surface area contributed by atoms with Crippen LogP contribution in [0.2, 0.25) is 5.02 Å². The van der Waals surface area contributed by atoms with Crippen LogP contribution in [0.25, 0.3) is 6.08 Å². The molecule has 4 nitrogen and oxygen atoms in total. The molecule has 0 bridgehead atoms. The minimum Gasteiger partial charge on any atom is -0.375 e. The first-order valence-electron chi connectivity index (χ1n) is 8.15. The van der Waals surface area contributed by atoms with Gasteiger partial charge in [-0.2, -0.15) is 0 Å². The molecule has 0 spiro atoms. The lowest BCUT2D eigenvalue weighted by atomic mass is 9.90. The smallest absolute Gasteiger partial charge is 0.263 e. The van der Waals surface area contributed by atoms with Gasteiger partial charge in [0.15, 0.2) is 11.4 Å². The second-order valence-corrected chi connectivity index (χ2v) is 6.59. The minimum atomic E-state index is -1.89. The number of rotatable bonds is 5. The van der Waals surface area contributed by atoms with E-state index < -0.39 is 11.5 Å². The van der Waals surface area contributed by atoms with Gasteiger partial charge in [0.2, 0.25) is 0 Å². The van der Waals surface area contributed by atoms with Gasteiger partial charge in [-0.1, -0.05) is 60.2 Å². The van der Waals surface area contributed by atoms with Crippen molar-refractivity contribution >= 4 is 35.1 Å². The number of aliphatic hydroxyl groups is 1. The predicted octanol–water partition coefficient (Wildman–Crippen LogP) is 3.73. The Balaban J connectivity index is 1.75. The molecule has 1 amide bonds. The zero-order chi connectivity index (χ0) is 18.7. The molecule has 0 fully saturated rings. The summed E-state index contributed by atoms with van der Waals surface area (Å²) in [7, 11) is 1.57. The Bertz CT molecular complexity index is 905. The third-order valence-corrected chi connectivity index (χ3v) is 4.57. The van der Waals surface area contributed by atoms with Crippen LogP contribution in [0, 0.1) is 0 Å². The number of likely N-dealkylation sites (N-methyl/N-ethyl adjacent to an activating group) is 1. The van der Waals surface area contributed by atoms with Gasteiger partial charge >= 0.3 is 0 Å². The van der Waals surface area contributed by atoms with Crippen LogP contribution in [0.15, 0.2) is 66.8 Å². The number of carbonyl (C=O) groups is 2. The summed E-state index contributed by atoms with van der Waals surface area (Å²) in [5.41, 5.74) is 0.0423. The number of anilines is 1. The summed E-state index contributed by atoms with van der Waals surface area (Å²) in [6.45, 7) is 0. The molecule has 0 aliphatic carbocycles. The number of ketones is 1. The third-order valence-electron chi connectivity index (χ3n) is 4.34. The van der Waals surface area contributed by atoms with Gasteiger partial charge < -0.3 is 10.0 Å². The van der Waals surface area contributed by atoms with E-state index in [0.717, 1.165) is 5.56 Å². The zero-order valence-electron chi connectivity index (χ0n) is 14.2. The number of halogens is 1. The van der Waals surface area contributed by atoms with Crippen LogP contribution in [-0.2, 0) is 15.2 Å². The van der Waals surface area contributed by atoms with Crippen molar-refractivity contribution in [2.45, 2.75) is 12.0 Å². The normalized spacial score (nSPS) is 19.5. The quantitative estimate of drug-likeness (QED) is 0.647. The van der Waals surface area contributed by atoms with Crippen molar-refractivity contribution in [1.29, 1.82) is 0 Å². The summed E-state index contributed by atoms with van der Waals surface area (Å²) in [4.78, 5) is 26.1. The van der Waals surface area contributed by atoms with E-state index in [2.05, 4.69) is 0 Å². The van der Waals surface area contributed by atoms with Gasteiger partial charge in [0, 0.05) is 17.6 Å². The Hall–Kier alpha value is -2.69. The van der Waals surface area contributed by atoms with Gasteiger partial charge in [-0.05, 0) is 29.8 Å². The number of allylic oxidation sites excluding steroid dienone is 3. The molecule has 1 heterocycles. The summed E-state index contributed by atoms with van der Waals surface area (Å²) in [5.74, 6) is -0.879. The molecule has 0 aromatic heterocycles. The molecular weight excluding hydrogens is 350 g/mol. The molecule has 1 aliphatic heterocycles. The first kappa shape index (κ1) is 18.1. The van der Waals surface area contributed by atoms with E-state index in [-0.39, 0.29) is 12.2 Å². The van der Waals surface area contributed by atoms with Crippen molar-refractivity contribution in [3.63, 3.8) is 0 Å². The molecule has 26 heavy (non-hydrogen) atoms. The molecule has 132 valence electrons. The summed E-state index contributed by atoms with van der Waals surface area (Å²) in [6.07, 6.45) is 6.22. The summed E-state index contributed by atoms with van der Waals surface area (Å²) in [6, 6.07) is 14.5. The molecular formula is C21H18ClNO3. The Labute approximate surface area is 157 Å². The number of amides is 1. The van der Waals surface area contributed by atoms with E-state index in [9.17, 15) is 14.7 Å². The Morgan fingerprint density at radius 3 is 2.65 bits per heavy atom. The third kappa shape index (κ3) is 3.47. The molecule has 0 saturated heterocycles. The largest absolute Gasteiger partial charge is 0.375 e. The fourth-order valence-electron chi connectivity index (χ4n) is 3.01. The lowest BCUT2D eigenvalue weighted by Gasteiger charge is -2.20. The van der Waals surface area contributed by atoms with Crippen molar-refractivity contribution in [3.8, 4) is 0 Å². The Morgan fingerprint density at radius 1 is 1.19 bits per heavy atom. The lowest BCUT2D eigenvalue weighted by molar-refractivity contribution is -0.140. The fourth-order valence-corrected chi connectivity index (χ4v) is 3.18. The van der Waals surface area contributed by atoms with Crippen molar-refractivity contribution in [2.24, 2.45) is 0 Å². The standard InChI is InChI=1S/C21H18ClNO3/c1-23-19-12-11-16(22)13-18(19)21(26,20(23)25)14-17(24)10-6-5-9-15-7-3-2-4-8-15/h2-13,26H,14H2,1H3/b9-5-,10-6+/t21-/m0/s1. The van der Waals surface area contributed by atoms with Gasteiger partial charge in [0.1, 0.15) is 0 Å². The topological polar surface area (TPSA) is 57.6 Å². The SMILES string of the molecule is CN1C(=O)[C@](O)(CC(=O)/C=C/C=C\c2ccccc2)c2cc(Cl)ccc21. The number of nitrogens with zero attached hydrogens (tertiary/aromatic N) is 1. The van der Waals surface area contributed by atoms with E-state index >= 15 is 0 Å². The van der Waals surface area contributed by atoms with Gasteiger partial charge in [0.05, 0.1) is 12.1 Å². The summed E-state index contributed by atoms with van der Waals surface area (Å²) < 4.78 is 0. The molecule has 1 N–H and O–H groups in total. The molecule has 0 saturated carbocycles. The molecule has 3 rings (SSSR count). The maximum atomic E-state index is 12.5. The summed E-state index contributed by atoms with van der Waals surface area (Å²) >= 11 is 5.99. The van der Waals surface area contributed by atoms with Gasteiger partial charge in [-0.15, -0.1) is 0 Å². The lowest BCUT2D eigenvalue weighted by Crippen LogP contribution is -2.40. The van der Waals surface area contributed by atoms with E-state index in [1.165, 1.54) is 17.0 Å². The molecule has 1 atom stereocenters. The maximum Gasteiger partial charge on any atom is 0.263 e. The summed E-state index contributed by atoms with van der Waals surface area (Å²) in [5, 5.41) is 11.3. The highest BCUT2D eigenvalue weighted by Crippen LogP contribution is 2.42. The minimum absolute atomic E-state index is 0.334. The van der Waals surface area contributed by atoms with Crippen molar-refractivity contribution in [1.82, 2.24) is 0 Å². The number of hydrogen-bond acceptors (Lipinski definition) is 3. The van der Waals surface area contributed by atoms with Crippen LogP contribution in [-0.4, -0.2) is 23.8 Å². The van der Waals surface area contributed by atoms with Crippen LogP contribution in [0.4, 0.5) is 5.69 Å². The van der Waals surface area contributed by atoms with Crippen molar-refractivity contribution < 1.29 is 14.7 Å². The second-order valence-electron chi connectivity index (χ2n) is 6.16. The zero-order valence-corrected chi connectivity index (χ0v) is 15.0. The number of fused-ring (bicyclic) bond motifs is 1. The molecule has 5 heteroatoms. The second kappa shape index (κ2) is 7.28. The van der Waals surface area contributed by atoms with Crippen LogP contribution < -0.4 is 4.90 Å². The first-order valence-corrected chi connectivity index (χ1v) is 8.53. The van der Waals surface area contributed by atoms with Crippen LogP contribution in [0.5, 0.6) is 0 Å². The van der Waals surface area contributed by atoms with Crippen LogP contribution in [0.1, 0.15) is 17.5 Å². The number of benzene rings is 2. The number of hydrogen-bond donors (Lipinski definition) is 1. The van der Waals surface area contributed by atoms with E-state index in [1.807, 2.05) is 36.4 Å². The van der Waals surface area contributed by atoms with Crippen LogP contribution >= 0.6 is 11.6 Å². The highest BCUT2D eigenvalue weighted by molar-refractivity contribution is 6.31. The molecule has 2 aromatic carbocycles. The Kier molecular flexibility index (Phi) is 5.07. The molecule has 0 radical (unpaired) electrons. The maximum absolute atomic E-state index is 12.5. The van der Waals surface area contributed by atoms with Crippen LogP contribution in [0.3, 0.4) is 0 Å². The average molecular weight is 368 g/mol. The molecule has 1 aliphatic rings. The molecule has 2 aromatic rings.